The number of H-pyrrole nitrogens is 1. The highest BCUT2D eigenvalue weighted by atomic mass is 35.5. The van der Waals surface area contributed by atoms with Crippen molar-refractivity contribution in [2.75, 3.05) is 11.9 Å². The van der Waals surface area contributed by atoms with Gasteiger partial charge in [0.05, 0.1) is 5.69 Å². The minimum absolute atomic E-state index is 0.0683. The molecule has 0 saturated heterocycles. The van der Waals surface area contributed by atoms with Crippen LogP contribution in [0.15, 0.2) is 36.4 Å². The van der Waals surface area contributed by atoms with Crippen LogP contribution < -0.4 is 15.0 Å². The van der Waals surface area contributed by atoms with Crippen LogP contribution in [0.25, 0.3) is 0 Å². The highest BCUT2D eigenvalue weighted by molar-refractivity contribution is 6.30. The maximum Gasteiger partial charge on any atom is 0.345 e. The predicted molar refractivity (Wildman–Crippen MR) is 78.0 cm³/mol. The minimum Gasteiger partial charge on any atom is -0.481 e. The van der Waals surface area contributed by atoms with Crippen molar-refractivity contribution in [3.63, 3.8) is 0 Å². The molecule has 0 saturated carbocycles. The third-order valence-electron chi connectivity index (χ3n) is 2.59. The van der Waals surface area contributed by atoms with Gasteiger partial charge in [-0.2, -0.15) is 0 Å². The number of hydrogen-bond donors (Lipinski definition) is 1. The molecule has 0 radical (unpaired) electrons. The smallest absolute Gasteiger partial charge is 0.345 e. The molecule has 0 aliphatic heterocycles. The predicted octanol–water partition coefficient (Wildman–Crippen LogP) is 2.79. The van der Waals surface area contributed by atoms with Gasteiger partial charge in [-0.05, 0) is 43.7 Å². The summed E-state index contributed by atoms with van der Waals surface area (Å²) in [6.07, 6.45) is 0. The lowest BCUT2D eigenvalue weighted by Crippen LogP contribution is -2.25. The summed E-state index contributed by atoms with van der Waals surface area (Å²) in [7, 11) is 0. The Kier molecular flexibility index (Phi) is 4.58. The number of ether oxygens (including phenoxy) is 1. The van der Waals surface area contributed by atoms with Gasteiger partial charge < -0.3 is 4.74 Å². The molecular weight excluding hydrogens is 276 g/mol. The molecule has 0 aliphatic carbocycles. The summed E-state index contributed by atoms with van der Waals surface area (Å²) in [6, 6.07) is 10.8. The fourth-order valence-corrected chi connectivity index (χ4v) is 2.03. The molecule has 0 unspecified atom stereocenters. The second kappa shape index (κ2) is 6.39. The number of hydrogen-bond acceptors (Lipinski definition) is 2. The highest BCUT2D eigenvalue weighted by Crippen LogP contribution is 2.16. The molecule has 2 N–H and O–H groups in total. The molecular formula is C15H16ClN2O2+. The van der Waals surface area contributed by atoms with Crippen LogP contribution in [0.3, 0.4) is 0 Å². The van der Waals surface area contributed by atoms with Gasteiger partial charge in [0.2, 0.25) is 0 Å². The summed E-state index contributed by atoms with van der Waals surface area (Å²) >= 11 is 5.84. The maximum atomic E-state index is 11.8. The normalized spacial score (nSPS) is 10.2. The summed E-state index contributed by atoms with van der Waals surface area (Å²) in [5.41, 5.74) is 2.06. The Labute approximate surface area is 122 Å². The van der Waals surface area contributed by atoms with E-state index in [0.717, 1.165) is 11.3 Å². The third-order valence-corrected chi connectivity index (χ3v) is 2.82. The number of carbonyl (C=O) groups excluding carboxylic acids is 1. The lowest BCUT2D eigenvalue weighted by molar-refractivity contribution is -0.370. The summed E-state index contributed by atoms with van der Waals surface area (Å²) in [5.74, 6) is 0.991. The van der Waals surface area contributed by atoms with Gasteiger partial charge in [-0.1, -0.05) is 17.7 Å². The first-order valence-corrected chi connectivity index (χ1v) is 6.59. The Balaban J connectivity index is 1.92. The molecule has 5 heteroatoms. The first-order valence-electron chi connectivity index (χ1n) is 6.22. The largest absolute Gasteiger partial charge is 0.481 e. The zero-order valence-electron chi connectivity index (χ0n) is 11.4. The first kappa shape index (κ1) is 14.3. The van der Waals surface area contributed by atoms with Crippen LogP contribution in [-0.2, 0) is 4.79 Å². The van der Waals surface area contributed by atoms with Crippen molar-refractivity contribution in [2.24, 2.45) is 0 Å². The Morgan fingerprint density at radius 3 is 2.80 bits per heavy atom. The van der Waals surface area contributed by atoms with Crippen LogP contribution >= 0.6 is 11.6 Å². The van der Waals surface area contributed by atoms with E-state index in [1.165, 1.54) is 0 Å². The molecule has 0 spiro atoms. The molecule has 0 fully saturated rings. The molecule has 104 valence electrons. The number of pyridine rings is 1. The molecule has 2 aromatic rings. The van der Waals surface area contributed by atoms with E-state index < -0.39 is 0 Å². The molecule has 1 heterocycles. The number of nitrogens with one attached hydrogen (secondary N) is 2. The van der Waals surface area contributed by atoms with Crippen LogP contribution in [0, 0.1) is 13.8 Å². The van der Waals surface area contributed by atoms with Crippen LogP contribution in [-0.4, -0.2) is 12.5 Å². The topological polar surface area (TPSA) is 52.5 Å². The van der Waals surface area contributed by atoms with Crippen molar-refractivity contribution in [3.8, 4) is 5.75 Å². The molecule has 4 nitrogen and oxygen atoms in total. The van der Waals surface area contributed by atoms with Crippen LogP contribution in [0.1, 0.15) is 11.3 Å². The van der Waals surface area contributed by atoms with Gasteiger partial charge in [0, 0.05) is 11.1 Å². The van der Waals surface area contributed by atoms with Crippen LogP contribution in [0.5, 0.6) is 5.75 Å². The number of aromatic nitrogens is 1. The number of aromatic amines is 1. The van der Waals surface area contributed by atoms with Crippen LogP contribution in [0.2, 0.25) is 5.02 Å². The fourth-order valence-electron chi connectivity index (χ4n) is 1.85. The zero-order valence-corrected chi connectivity index (χ0v) is 12.1. The van der Waals surface area contributed by atoms with E-state index >= 15 is 0 Å². The Morgan fingerprint density at radius 1 is 1.30 bits per heavy atom. The number of benzene rings is 1. The number of anilines is 1. The Hall–Kier alpha value is -2.07. The molecule has 0 aliphatic rings. The average Bonchev–Trinajstić information content (AvgIpc) is 2.35. The molecule has 1 amide bonds. The van der Waals surface area contributed by atoms with Crippen molar-refractivity contribution in [1.82, 2.24) is 0 Å². The second-order valence-corrected chi connectivity index (χ2v) is 4.99. The number of carbonyl (C=O) groups is 1. The second-order valence-electron chi connectivity index (χ2n) is 4.55. The molecule has 1 aromatic carbocycles. The molecule has 1 aromatic heterocycles. The standard InChI is InChI=1S/C15H15ClN2O2/c1-10-6-11(2)17-14(7-10)18-15(19)9-20-13-5-3-4-12(16)8-13/h3-8H,9H2,1-2H3,(H,17,18,19)/p+1. The van der Waals surface area contributed by atoms with Gasteiger partial charge in [-0.15, -0.1) is 0 Å². The monoisotopic (exact) mass is 291 g/mol. The van der Waals surface area contributed by atoms with E-state index in [9.17, 15) is 4.79 Å². The lowest BCUT2D eigenvalue weighted by Gasteiger charge is -2.04. The van der Waals surface area contributed by atoms with Crippen molar-refractivity contribution in [3.05, 3.63) is 52.7 Å². The highest BCUT2D eigenvalue weighted by Gasteiger charge is 2.12. The average molecular weight is 292 g/mol. The number of halogens is 1. The summed E-state index contributed by atoms with van der Waals surface area (Å²) in [6.45, 7) is 3.84. The van der Waals surface area contributed by atoms with Crippen LogP contribution in [0.4, 0.5) is 5.82 Å². The summed E-state index contributed by atoms with van der Waals surface area (Å²) in [4.78, 5) is 14.9. The minimum atomic E-state index is -0.230. The van der Waals surface area contributed by atoms with E-state index in [1.54, 1.807) is 24.3 Å². The van der Waals surface area contributed by atoms with E-state index in [1.807, 2.05) is 26.0 Å². The van der Waals surface area contributed by atoms with E-state index in [4.69, 9.17) is 16.3 Å². The van der Waals surface area contributed by atoms with Crippen molar-refractivity contribution in [2.45, 2.75) is 13.8 Å². The van der Waals surface area contributed by atoms with Gasteiger partial charge in [0.25, 0.3) is 5.82 Å². The maximum absolute atomic E-state index is 11.8. The lowest BCUT2D eigenvalue weighted by atomic mass is 10.2. The van der Waals surface area contributed by atoms with Crippen molar-refractivity contribution >= 4 is 23.3 Å². The van der Waals surface area contributed by atoms with Crippen molar-refractivity contribution < 1.29 is 14.5 Å². The number of rotatable bonds is 4. The van der Waals surface area contributed by atoms with Gasteiger partial charge >= 0.3 is 5.91 Å². The molecule has 0 atom stereocenters. The van der Waals surface area contributed by atoms with Gasteiger partial charge in [-0.3, -0.25) is 0 Å². The summed E-state index contributed by atoms with van der Waals surface area (Å²) < 4.78 is 5.37. The quantitative estimate of drug-likeness (QED) is 0.942. The van der Waals surface area contributed by atoms with E-state index in [-0.39, 0.29) is 12.5 Å². The number of aryl methyl sites for hydroxylation is 2. The third kappa shape index (κ3) is 4.24. The molecule has 20 heavy (non-hydrogen) atoms. The first-order chi connectivity index (χ1) is 9.52. The SMILES string of the molecule is Cc1cc(C)[nH+]c(NC(=O)COc2cccc(Cl)c2)c1. The molecule has 2 rings (SSSR count). The van der Waals surface area contributed by atoms with Gasteiger partial charge in [0.15, 0.2) is 6.61 Å². The Bertz CT molecular complexity index is 609. The fraction of sp³-hybridized carbons (Fsp3) is 0.200. The Morgan fingerprint density at radius 2 is 2.10 bits per heavy atom. The van der Waals surface area contributed by atoms with Gasteiger partial charge in [-0.25, -0.2) is 15.1 Å². The zero-order chi connectivity index (χ0) is 14.5. The van der Waals surface area contributed by atoms with Gasteiger partial charge in [0.1, 0.15) is 5.75 Å². The molecule has 0 bridgehead atoms. The van der Waals surface area contributed by atoms with Crippen molar-refractivity contribution in [1.29, 1.82) is 0 Å². The van der Waals surface area contributed by atoms with E-state index in [0.29, 0.717) is 16.6 Å². The summed E-state index contributed by atoms with van der Waals surface area (Å²) in [5, 5.41) is 3.33. The number of amides is 1. The van der Waals surface area contributed by atoms with E-state index in [2.05, 4.69) is 10.3 Å².